The van der Waals surface area contributed by atoms with E-state index in [1.807, 2.05) is 19.1 Å². The van der Waals surface area contributed by atoms with Gasteiger partial charge in [0.15, 0.2) is 0 Å². The molecule has 6 heteroatoms. The van der Waals surface area contributed by atoms with E-state index in [1.54, 1.807) is 12.1 Å². The lowest BCUT2D eigenvalue weighted by atomic mass is 9.84. The van der Waals surface area contributed by atoms with Crippen molar-refractivity contribution in [3.05, 3.63) is 35.2 Å². The van der Waals surface area contributed by atoms with Crippen molar-refractivity contribution in [1.82, 2.24) is 15.5 Å². The average molecular weight is 306 g/mol. The third-order valence-corrected chi connectivity index (χ3v) is 3.96. The minimum Gasteiger partial charge on any atom is -0.344 e. The number of hydrogen-bond acceptors (Lipinski definition) is 4. The maximum atomic E-state index is 11.9. The van der Waals surface area contributed by atoms with Crippen LogP contribution in [0.4, 0.5) is 0 Å². The lowest BCUT2D eigenvalue weighted by molar-refractivity contribution is -0.128. The van der Waals surface area contributed by atoms with Crippen LogP contribution in [0.2, 0.25) is 5.02 Å². The summed E-state index contributed by atoms with van der Waals surface area (Å²) in [7, 11) is 0. The van der Waals surface area contributed by atoms with Crippen molar-refractivity contribution in [2.24, 2.45) is 5.92 Å². The van der Waals surface area contributed by atoms with Crippen molar-refractivity contribution in [3.63, 3.8) is 0 Å². The van der Waals surface area contributed by atoms with E-state index in [-0.39, 0.29) is 17.9 Å². The number of amides is 1. The smallest absolute Gasteiger partial charge is 0.249 e. The van der Waals surface area contributed by atoms with Crippen LogP contribution >= 0.6 is 11.6 Å². The van der Waals surface area contributed by atoms with Gasteiger partial charge in [-0.2, -0.15) is 4.98 Å². The monoisotopic (exact) mass is 305 g/mol. The van der Waals surface area contributed by atoms with Crippen LogP contribution < -0.4 is 5.32 Å². The molecule has 0 aliphatic heterocycles. The highest BCUT2D eigenvalue weighted by Crippen LogP contribution is 2.27. The Morgan fingerprint density at radius 3 is 2.95 bits per heavy atom. The molecule has 1 N–H and O–H groups in total. The maximum absolute atomic E-state index is 11.9. The van der Waals surface area contributed by atoms with Crippen molar-refractivity contribution < 1.29 is 9.32 Å². The molecule has 0 bridgehead atoms. The largest absolute Gasteiger partial charge is 0.344 e. The molecular weight excluding hydrogens is 290 g/mol. The SMILES string of the molecule is CC(NC(=O)C1CCC1)c1nc(-c2cccc(Cl)c2)no1. The van der Waals surface area contributed by atoms with Crippen LogP contribution in [0.1, 0.15) is 38.1 Å². The van der Waals surface area contributed by atoms with Gasteiger partial charge in [-0.05, 0) is 31.9 Å². The summed E-state index contributed by atoms with van der Waals surface area (Å²) >= 11 is 5.95. The summed E-state index contributed by atoms with van der Waals surface area (Å²) < 4.78 is 5.23. The number of carbonyl (C=O) groups excluding carboxylic acids is 1. The minimum absolute atomic E-state index is 0.0660. The first-order chi connectivity index (χ1) is 10.1. The van der Waals surface area contributed by atoms with Crippen LogP contribution in [0.3, 0.4) is 0 Å². The fourth-order valence-electron chi connectivity index (χ4n) is 2.22. The lowest BCUT2D eigenvalue weighted by Crippen LogP contribution is -2.36. The molecule has 0 saturated heterocycles. The Morgan fingerprint density at radius 1 is 1.48 bits per heavy atom. The third-order valence-electron chi connectivity index (χ3n) is 3.73. The highest BCUT2D eigenvalue weighted by atomic mass is 35.5. The summed E-state index contributed by atoms with van der Waals surface area (Å²) in [5.41, 5.74) is 0.787. The minimum atomic E-state index is -0.293. The summed E-state index contributed by atoms with van der Waals surface area (Å²) in [6.45, 7) is 1.84. The first-order valence-electron chi connectivity index (χ1n) is 7.03. The van der Waals surface area contributed by atoms with Crippen LogP contribution in [0.5, 0.6) is 0 Å². The van der Waals surface area contributed by atoms with E-state index in [9.17, 15) is 4.79 Å². The molecule has 21 heavy (non-hydrogen) atoms. The molecule has 1 aliphatic rings. The molecule has 1 unspecified atom stereocenters. The molecule has 1 atom stereocenters. The van der Waals surface area contributed by atoms with E-state index in [0.717, 1.165) is 24.8 Å². The van der Waals surface area contributed by atoms with Crippen LogP contribution in [-0.2, 0) is 4.79 Å². The Hall–Kier alpha value is -1.88. The Balaban J connectivity index is 1.70. The molecule has 0 spiro atoms. The molecule has 3 rings (SSSR count). The van der Waals surface area contributed by atoms with Gasteiger partial charge in [0.25, 0.3) is 0 Å². The van der Waals surface area contributed by atoms with Crippen molar-refractivity contribution >= 4 is 17.5 Å². The highest BCUT2D eigenvalue weighted by Gasteiger charge is 2.27. The van der Waals surface area contributed by atoms with Crippen LogP contribution in [0.25, 0.3) is 11.4 Å². The van der Waals surface area contributed by atoms with Crippen molar-refractivity contribution in [2.45, 2.75) is 32.2 Å². The zero-order valence-corrected chi connectivity index (χ0v) is 12.4. The number of rotatable bonds is 4. The van der Waals surface area contributed by atoms with Gasteiger partial charge >= 0.3 is 0 Å². The maximum Gasteiger partial charge on any atom is 0.249 e. The second-order valence-corrected chi connectivity index (χ2v) is 5.76. The molecule has 1 heterocycles. The zero-order valence-electron chi connectivity index (χ0n) is 11.7. The van der Waals surface area contributed by atoms with Gasteiger partial charge in [0.2, 0.25) is 17.6 Å². The second-order valence-electron chi connectivity index (χ2n) is 5.32. The fourth-order valence-corrected chi connectivity index (χ4v) is 2.41. The third kappa shape index (κ3) is 3.08. The molecule has 5 nitrogen and oxygen atoms in total. The first kappa shape index (κ1) is 14.1. The standard InChI is InChI=1S/C15H16ClN3O2/c1-9(17-14(20)10-4-2-5-10)15-18-13(19-21-15)11-6-3-7-12(16)8-11/h3,6-10H,2,4-5H2,1H3,(H,17,20). The van der Waals surface area contributed by atoms with Gasteiger partial charge in [-0.15, -0.1) is 0 Å². The summed E-state index contributed by atoms with van der Waals surface area (Å²) in [6.07, 6.45) is 3.07. The van der Waals surface area contributed by atoms with E-state index < -0.39 is 0 Å². The number of hydrogen-bond donors (Lipinski definition) is 1. The molecule has 1 aromatic carbocycles. The van der Waals surface area contributed by atoms with Gasteiger partial charge in [-0.25, -0.2) is 0 Å². The van der Waals surface area contributed by atoms with Gasteiger partial charge in [0, 0.05) is 16.5 Å². The molecule has 1 aliphatic carbocycles. The Kier molecular flexibility index (Phi) is 3.92. The van der Waals surface area contributed by atoms with Crippen LogP contribution in [0.15, 0.2) is 28.8 Å². The average Bonchev–Trinajstić information content (AvgIpc) is 2.86. The predicted octanol–water partition coefficient (Wildman–Crippen LogP) is 3.37. The normalized spacial score (nSPS) is 16.3. The van der Waals surface area contributed by atoms with Gasteiger partial charge in [-0.3, -0.25) is 4.79 Å². The second kappa shape index (κ2) is 5.85. The molecule has 1 amide bonds. The Labute approximate surface area is 127 Å². The van der Waals surface area contributed by atoms with Gasteiger partial charge in [-0.1, -0.05) is 35.3 Å². The molecule has 0 radical (unpaired) electrons. The number of aromatic nitrogens is 2. The van der Waals surface area contributed by atoms with Crippen molar-refractivity contribution in [3.8, 4) is 11.4 Å². The van der Waals surface area contributed by atoms with Crippen LogP contribution in [-0.4, -0.2) is 16.0 Å². The highest BCUT2D eigenvalue weighted by molar-refractivity contribution is 6.30. The van der Waals surface area contributed by atoms with E-state index in [1.165, 1.54) is 0 Å². The van der Waals surface area contributed by atoms with Crippen LogP contribution in [0, 0.1) is 5.92 Å². The molecule has 2 aromatic rings. The van der Waals surface area contributed by atoms with E-state index in [0.29, 0.717) is 16.7 Å². The molecule has 1 aromatic heterocycles. The molecule has 1 fully saturated rings. The van der Waals surface area contributed by atoms with Crippen molar-refractivity contribution in [1.29, 1.82) is 0 Å². The van der Waals surface area contributed by atoms with Gasteiger partial charge in [0.05, 0.1) is 0 Å². The Bertz CT molecular complexity index is 652. The van der Waals surface area contributed by atoms with E-state index in [4.69, 9.17) is 16.1 Å². The number of benzene rings is 1. The number of nitrogens with one attached hydrogen (secondary N) is 1. The first-order valence-corrected chi connectivity index (χ1v) is 7.41. The summed E-state index contributed by atoms with van der Waals surface area (Å²) in [5, 5.41) is 7.47. The van der Waals surface area contributed by atoms with E-state index >= 15 is 0 Å². The van der Waals surface area contributed by atoms with Gasteiger partial charge < -0.3 is 9.84 Å². The summed E-state index contributed by atoms with van der Waals surface area (Å²) in [4.78, 5) is 16.2. The molecule has 1 saturated carbocycles. The topological polar surface area (TPSA) is 68.0 Å². The molecular formula is C15H16ClN3O2. The summed E-state index contributed by atoms with van der Waals surface area (Å²) in [5.74, 6) is 1.08. The quantitative estimate of drug-likeness (QED) is 0.940. The zero-order chi connectivity index (χ0) is 14.8. The number of halogens is 1. The number of nitrogens with zero attached hydrogens (tertiary/aromatic N) is 2. The van der Waals surface area contributed by atoms with Crippen molar-refractivity contribution in [2.75, 3.05) is 0 Å². The summed E-state index contributed by atoms with van der Waals surface area (Å²) in [6, 6.07) is 6.95. The number of carbonyl (C=O) groups is 1. The van der Waals surface area contributed by atoms with E-state index in [2.05, 4.69) is 15.5 Å². The lowest BCUT2D eigenvalue weighted by Gasteiger charge is -2.25. The fraction of sp³-hybridized carbons (Fsp3) is 0.400. The predicted molar refractivity (Wildman–Crippen MR) is 78.6 cm³/mol. The Morgan fingerprint density at radius 2 is 2.29 bits per heavy atom. The molecule has 110 valence electrons. The van der Waals surface area contributed by atoms with Gasteiger partial charge in [0.1, 0.15) is 6.04 Å².